The van der Waals surface area contributed by atoms with E-state index in [0.29, 0.717) is 10.8 Å². The van der Waals surface area contributed by atoms with Crippen LogP contribution >= 0.6 is 11.8 Å². The number of nitrogens with zero attached hydrogens (tertiary/aromatic N) is 2. The molecule has 0 fully saturated rings. The van der Waals surface area contributed by atoms with Crippen LogP contribution in [0.5, 0.6) is 0 Å². The van der Waals surface area contributed by atoms with Gasteiger partial charge >= 0.3 is 5.97 Å². The van der Waals surface area contributed by atoms with Crippen LogP contribution in [0.4, 0.5) is 4.39 Å². The SMILES string of the molecule is CN(C)CCSc1ncc(F)cc1C(=O)O. The van der Waals surface area contributed by atoms with E-state index in [-0.39, 0.29) is 5.56 Å². The Labute approximate surface area is 97.5 Å². The predicted octanol–water partition coefficient (Wildman–Crippen LogP) is 1.57. The number of hydrogen-bond acceptors (Lipinski definition) is 4. The molecule has 6 heteroatoms. The molecule has 1 N–H and O–H groups in total. The van der Waals surface area contributed by atoms with Gasteiger partial charge in [-0.1, -0.05) is 0 Å². The van der Waals surface area contributed by atoms with Gasteiger partial charge in [-0.25, -0.2) is 14.2 Å². The molecule has 1 heterocycles. The molecule has 0 aliphatic rings. The monoisotopic (exact) mass is 244 g/mol. The molecular weight excluding hydrogens is 231 g/mol. The molecule has 1 rings (SSSR count). The van der Waals surface area contributed by atoms with Crippen LogP contribution in [0, 0.1) is 5.82 Å². The first-order valence-corrected chi connectivity index (χ1v) is 5.65. The van der Waals surface area contributed by atoms with Gasteiger partial charge in [0.05, 0.1) is 11.8 Å². The Kier molecular flexibility index (Phi) is 4.70. The number of pyridine rings is 1. The molecule has 0 atom stereocenters. The molecule has 0 radical (unpaired) electrons. The number of hydrogen-bond donors (Lipinski definition) is 1. The molecular formula is C10H13FN2O2S. The molecule has 0 spiro atoms. The van der Waals surface area contributed by atoms with Gasteiger partial charge in [0.1, 0.15) is 10.8 Å². The lowest BCUT2D eigenvalue weighted by atomic mass is 10.3. The zero-order valence-corrected chi connectivity index (χ0v) is 9.92. The molecule has 88 valence electrons. The quantitative estimate of drug-likeness (QED) is 0.797. The van der Waals surface area contributed by atoms with E-state index in [9.17, 15) is 9.18 Å². The summed E-state index contributed by atoms with van der Waals surface area (Å²) in [5.41, 5.74) is -0.0799. The second-order valence-corrected chi connectivity index (χ2v) is 4.55. The lowest BCUT2D eigenvalue weighted by molar-refractivity contribution is 0.0691. The molecule has 0 amide bonds. The van der Waals surface area contributed by atoms with E-state index in [4.69, 9.17) is 5.11 Å². The van der Waals surface area contributed by atoms with Gasteiger partial charge in [-0.3, -0.25) is 0 Å². The average molecular weight is 244 g/mol. The Morgan fingerprint density at radius 2 is 2.31 bits per heavy atom. The summed E-state index contributed by atoms with van der Waals surface area (Å²) >= 11 is 1.31. The maximum Gasteiger partial charge on any atom is 0.338 e. The molecule has 0 unspecified atom stereocenters. The predicted molar refractivity (Wildman–Crippen MR) is 60.4 cm³/mol. The second kappa shape index (κ2) is 5.81. The third kappa shape index (κ3) is 3.79. The first-order chi connectivity index (χ1) is 7.50. The normalized spacial score (nSPS) is 10.8. The van der Waals surface area contributed by atoms with Crippen molar-refractivity contribution in [3.63, 3.8) is 0 Å². The van der Waals surface area contributed by atoms with Crippen molar-refractivity contribution in [1.29, 1.82) is 0 Å². The zero-order valence-electron chi connectivity index (χ0n) is 9.11. The van der Waals surface area contributed by atoms with E-state index >= 15 is 0 Å². The Morgan fingerprint density at radius 1 is 1.62 bits per heavy atom. The van der Waals surface area contributed by atoms with Gasteiger partial charge in [0, 0.05) is 12.3 Å². The van der Waals surface area contributed by atoms with E-state index in [2.05, 4.69) is 4.98 Å². The maximum atomic E-state index is 12.8. The van der Waals surface area contributed by atoms with Gasteiger partial charge in [-0.15, -0.1) is 11.8 Å². The third-order valence-electron chi connectivity index (χ3n) is 1.83. The lowest BCUT2D eigenvalue weighted by Crippen LogP contribution is -2.15. The number of thioether (sulfide) groups is 1. The molecule has 4 nitrogen and oxygen atoms in total. The highest BCUT2D eigenvalue weighted by molar-refractivity contribution is 7.99. The topological polar surface area (TPSA) is 53.4 Å². The fourth-order valence-electron chi connectivity index (χ4n) is 1.02. The van der Waals surface area contributed by atoms with Crippen LogP contribution in [0.1, 0.15) is 10.4 Å². The highest BCUT2D eigenvalue weighted by atomic mass is 32.2. The van der Waals surface area contributed by atoms with E-state index in [1.165, 1.54) is 11.8 Å². The van der Waals surface area contributed by atoms with Gasteiger partial charge in [0.2, 0.25) is 0 Å². The van der Waals surface area contributed by atoms with Crippen LogP contribution in [-0.4, -0.2) is 47.4 Å². The van der Waals surface area contributed by atoms with E-state index in [0.717, 1.165) is 18.8 Å². The van der Waals surface area contributed by atoms with Crippen molar-refractivity contribution in [3.8, 4) is 0 Å². The van der Waals surface area contributed by atoms with Crippen molar-refractivity contribution < 1.29 is 14.3 Å². The number of aromatic carboxylic acids is 1. The number of halogens is 1. The summed E-state index contributed by atoms with van der Waals surface area (Å²) in [5.74, 6) is -1.07. The van der Waals surface area contributed by atoms with Gasteiger partial charge in [-0.2, -0.15) is 0 Å². The molecule has 0 aliphatic carbocycles. The van der Waals surface area contributed by atoms with Gasteiger partial charge < -0.3 is 10.0 Å². The van der Waals surface area contributed by atoms with Crippen molar-refractivity contribution in [2.24, 2.45) is 0 Å². The maximum absolute atomic E-state index is 12.8. The summed E-state index contributed by atoms with van der Waals surface area (Å²) in [6.45, 7) is 0.808. The zero-order chi connectivity index (χ0) is 12.1. The minimum atomic E-state index is -1.15. The Morgan fingerprint density at radius 3 is 2.88 bits per heavy atom. The molecule has 0 saturated carbocycles. The van der Waals surface area contributed by atoms with Crippen LogP contribution in [0.15, 0.2) is 17.3 Å². The highest BCUT2D eigenvalue weighted by Crippen LogP contribution is 2.20. The summed E-state index contributed by atoms with van der Waals surface area (Å²) in [6.07, 6.45) is 1.03. The minimum absolute atomic E-state index is 0.0799. The largest absolute Gasteiger partial charge is 0.478 e. The molecule has 0 aliphatic heterocycles. The third-order valence-corrected chi connectivity index (χ3v) is 2.81. The second-order valence-electron chi connectivity index (χ2n) is 3.46. The van der Waals surface area contributed by atoms with Crippen LogP contribution in [0.2, 0.25) is 0 Å². The Hall–Kier alpha value is -1.14. The fourth-order valence-corrected chi connectivity index (χ4v) is 2.10. The number of rotatable bonds is 5. The van der Waals surface area contributed by atoms with E-state index in [1.54, 1.807) is 0 Å². The lowest BCUT2D eigenvalue weighted by Gasteiger charge is -2.09. The van der Waals surface area contributed by atoms with Crippen LogP contribution in [0.25, 0.3) is 0 Å². The average Bonchev–Trinajstić information content (AvgIpc) is 2.19. The molecule has 0 bridgehead atoms. The van der Waals surface area contributed by atoms with Gasteiger partial charge in [0.15, 0.2) is 0 Å². The van der Waals surface area contributed by atoms with E-state index < -0.39 is 11.8 Å². The Bertz CT molecular complexity index is 385. The standard InChI is InChI=1S/C10H13FN2O2S/c1-13(2)3-4-16-9-8(10(14)15)5-7(11)6-12-9/h5-6H,3-4H2,1-2H3,(H,14,15). The fraction of sp³-hybridized carbons (Fsp3) is 0.400. The summed E-state index contributed by atoms with van der Waals surface area (Å²) in [5, 5.41) is 9.23. The highest BCUT2D eigenvalue weighted by Gasteiger charge is 2.13. The molecule has 1 aromatic rings. The molecule has 16 heavy (non-hydrogen) atoms. The van der Waals surface area contributed by atoms with Crippen LogP contribution in [0.3, 0.4) is 0 Å². The number of carboxylic acids is 1. The minimum Gasteiger partial charge on any atom is -0.478 e. The van der Waals surface area contributed by atoms with Crippen molar-refractivity contribution in [3.05, 3.63) is 23.6 Å². The van der Waals surface area contributed by atoms with Crippen LogP contribution < -0.4 is 0 Å². The first kappa shape index (κ1) is 12.9. The van der Waals surface area contributed by atoms with Crippen molar-refractivity contribution >= 4 is 17.7 Å². The first-order valence-electron chi connectivity index (χ1n) is 4.67. The summed E-state index contributed by atoms with van der Waals surface area (Å²) in [7, 11) is 3.85. The van der Waals surface area contributed by atoms with Crippen molar-refractivity contribution in [2.75, 3.05) is 26.4 Å². The summed E-state index contributed by atoms with van der Waals surface area (Å²) < 4.78 is 12.8. The molecule has 1 aromatic heterocycles. The van der Waals surface area contributed by atoms with E-state index in [1.807, 2.05) is 19.0 Å². The van der Waals surface area contributed by atoms with Crippen LogP contribution in [-0.2, 0) is 0 Å². The van der Waals surface area contributed by atoms with Crippen molar-refractivity contribution in [2.45, 2.75) is 5.03 Å². The van der Waals surface area contributed by atoms with Gasteiger partial charge in [-0.05, 0) is 20.2 Å². The van der Waals surface area contributed by atoms with Gasteiger partial charge in [0.25, 0.3) is 0 Å². The number of carboxylic acid groups (broad SMARTS) is 1. The molecule has 0 saturated heterocycles. The number of carbonyl (C=O) groups is 1. The summed E-state index contributed by atoms with van der Waals surface area (Å²) in [4.78, 5) is 16.6. The summed E-state index contributed by atoms with van der Waals surface area (Å²) in [6, 6.07) is 0.993. The Balaban J connectivity index is 2.75. The van der Waals surface area contributed by atoms with Crippen molar-refractivity contribution in [1.82, 2.24) is 9.88 Å². The number of aromatic nitrogens is 1. The smallest absolute Gasteiger partial charge is 0.338 e. The molecule has 0 aromatic carbocycles.